The molecule has 21 heavy (non-hydrogen) atoms. The highest BCUT2D eigenvalue weighted by molar-refractivity contribution is 9.10. The first-order valence-corrected chi connectivity index (χ1v) is 6.62. The van der Waals surface area contributed by atoms with Gasteiger partial charge in [0.1, 0.15) is 11.6 Å². The van der Waals surface area contributed by atoms with Crippen LogP contribution < -0.4 is 10.9 Å². The molecule has 0 aliphatic rings. The second-order valence-corrected chi connectivity index (χ2v) is 4.90. The van der Waals surface area contributed by atoms with Crippen LogP contribution in [0.3, 0.4) is 0 Å². The van der Waals surface area contributed by atoms with Crippen LogP contribution in [-0.2, 0) is 0 Å². The van der Waals surface area contributed by atoms with Crippen molar-refractivity contribution in [2.24, 2.45) is 0 Å². The standard InChI is InChI=1S/C14H10BrFN2O3/c15-11-7-8(16)5-6-9(11)13(20)17-18-14(21)10-3-1-2-4-12(10)19/h1-7,19H,(H,17,20)(H,18,21). The number of phenols is 1. The van der Waals surface area contributed by atoms with E-state index in [2.05, 4.69) is 26.8 Å². The average Bonchev–Trinajstić information content (AvgIpc) is 2.45. The minimum Gasteiger partial charge on any atom is -0.507 e. The van der Waals surface area contributed by atoms with E-state index in [0.717, 1.165) is 12.1 Å². The lowest BCUT2D eigenvalue weighted by Crippen LogP contribution is -2.41. The molecule has 0 atom stereocenters. The third-order valence-electron chi connectivity index (χ3n) is 2.61. The number of nitrogens with one attached hydrogen (secondary N) is 2. The lowest BCUT2D eigenvalue weighted by atomic mass is 10.2. The number of hydrogen-bond acceptors (Lipinski definition) is 3. The van der Waals surface area contributed by atoms with Gasteiger partial charge in [-0.15, -0.1) is 0 Å². The summed E-state index contributed by atoms with van der Waals surface area (Å²) >= 11 is 3.06. The molecule has 2 rings (SSSR count). The van der Waals surface area contributed by atoms with Gasteiger partial charge in [0, 0.05) is 4.47 Å². The van der Waals surface area contributed by atoms with Crippen molar-refractivity contribution in [1.82, 2.24) is 10.9 Å². The number of amides is 2. The summed E-state index contributed by atoms with van der Waals surface area (Å²) in [4.78, 5) is 23.6. The van der Waals surface area contributed by atoms with Crippen LogP contribution in [0.25, 0.3) is 0 Å². The van der Waals surface area contributed by atoms with Crippen LogP contribution in [-0.4, -0.2) is 16.9 Å². The van der Waals surface area contributed by atoms with Crippen molar-refractivity contribution in [3.05, 3.63) is 63.9 Å². The molecule has 0 saturated carbocycles. The first-order valence-electron chi connectivity index (χ1n) is 5.83. The van der Waals surface area contributed by atoms with Gasteiger partial charge >= 0.3 is 0 Å². The molecule has 0 bridgehead atoms. The van der Waals surface area contributed by atoms with E-state index in [1.165, 1.54) is 18.2 Å². The number of rotatable bonds is 2. The monoisotopic (exact) mass is 352 g/mol. The van der Waals surface area contributed by atoms with E-state index in [1.54, 1.807) is 12.1 Å². The molecule has 0 fully saturated rings. The number of hydrogen-bond donors (Lipinski definition) is 3. The number of phenolic OH excluding ortho intramolecular Hbond substituents is 1. The summed E-state index contributed by atoms with van der Waals surface area (Å²) in [6.45, 7) is 0. The Hall–Kier alpha value is -2.41. The largest absolute Gasteiger partial charge is 0.507 e. The Bertz CT molecular complexity index is 706. The number of halogens is 2. The van der Waals surface area contributed by atoms with Gasteiger partial charge in [-0.1, -0.05) is 12.1 Å². The summed E-state index contributed by atoms with van der Waals surface area (Å²) in [5.74, 6) is -1.98. The molecule has 0 aliphatic carbocycles. The van der Waals surface area contributed by atoms with Crippen molar-refractivity contribution in [3.8, 4) is 5.75 Å². The van der Waals surface area contributed by atoms with Crippen molar-refractivity contribution in [3.63, 3.8) is 0 Å². The fourth-order valence-electron chi connectivity index (χ4n) is 1.59. The highest BCUT2D eigenvalue weighted by atomic mass is 79.9. The summed E-state index contributed by atoms with van der Waals surface area (Å²) in [6, 6.07) is 9.45. The maximum atomic E-state index is 12.9. The molecule has 3 N–H and O–H groups in total. The zero-order valence-corrected chi connectivity index (χ0v) is 12.1. The fraction of sp³-hybridized carbons (Fsp3) is 0. The number of carbonyl (C=O) groups is 2. The number of aromatic hydroxyl groups is 1. The molecule has 0 spiro atoms. The predicted molar refractivity (Wildman–Crippen MR) is 77.1 cm³/mol. The Morgan fingerprint density at radius 1 is 1.00 bits per heavy atom. The molecule has 0 radical (unpaired) electrons. The molecule has 0 unspecified atom stereocenters. The zero-order valence-electron chi connectivity index (χ0n) is 10.6. The minimum atomic E-state index is -0.667. The molecule has 0 heterocycles. The summed E-state index contributed by atoms with van der Waals surface area (Å²) < 4.78 is 13.2. The average molecular weight is 353 g/mol. The molecule has 0 aromatic heterocycles. The van der Waals surface area contributed by atoms with Crippen LogP contribution in [0.5, 0.6) is 5.75 Å². The van der Waals surface area contributed by atoms with Crippen molar-refractivity contribution >= 4 is 27.7 Å². The van der Waals surface area contributed by atoms with Gasteiger partial charge in [-0.2, -0.15) is 0 Å². The van der Waals surface area contributed by atoms with Crippen LogP contribution in [0.1, 0.15) is 20.7 Å². The van der Waals surface area contributed by atoms with Gasteiger partial charge in [0.05, 0.1) is 11.1 Å². The Balaban J connectivity index is 2.04. The number of hydrazine groups is 1. The summed E-state index contributed by atoms with van der Waals surface area (Å²) in [6.07, 6.45) is 0. The zero-order chi connectivity index (χ0) is 15.4. The van der Waals surface area contributed by atoms with E-state index in [1.807, 2.05) is 0 Å². The van der Waals surface area contributed by atoms with Crippen LogP contribution in [0.15, 0.2) is 46.9 Å². The molecule has 0 aliphatic heterocycles. The molecule has 7 heteroatoms. The molecule has 108 valence electrons. The van der Waals surface area contributed by atoms with Gasteiger partial charge in [-0.25, -0.2) is 4.39 Å². The highest BCUT2D eigenvalue weighted by Gasteiger charge is 2.14. The van der Waals surface area contributed by atoms with E-state index >= 15 is 0 Å². The lowest BCUT2D eigenvalue weighted by Gasteiger charge is -2.09. The minimum absolute atomic E-state index is 0.0240. The van der Waals surface area contributed by atoms with Crippen molar-refractivity contribution in [2.75, 3.05) is 0 Å². The van der Waals surface area contributed by atoms with E-state index in [0.29, 0.717) is 0 Å². The van der Waals surface area contributed by atoms with Crippen LogP contribution in [0, 0.1) is 5.82 Å². The Morgan fingerprint density at radius 3 is 2.24 bits per heavy atom. The maximum Gasteiger partial charge on any atom is 0.273 e. The first-order chi connectivity index (χ1) is 9.99. The number of benzene rings is 2. The molecule has 2 aromatic carbocycles. The Kier molecular flexibility index (Phi) is 4.54. The van der Waals surface area contributed by atoms with Crippen molar-refractivity contribution < 1.29 is 19.1 Å². The SMILES string of the molecule is O=C(NNC(=O)c1ccc(F)cc1Br)c1ccccc1O. The smallest absolute Gasteiger partial charge is 0.273 e. The molecule has 0 saturated heterocycles. The predicted octanol–water partition coefficient (Wildman–Crippen LogP) is 2.37. The van der Waals surface area contributed by atoms with Gasteiger partial charge in [0.15, 0.2) is 0 Å². The van der Waals surface area contributed by atoms with Gasteiger partial charge in [0.25, 0.3) is 11.8 Å². The van der Waals surface area contributed by atoms with Crippen LogP contribution >= 0.6 is 15.9 Å². The molecule has 2 aromatic rings. The van der Waals surface area contributed by atoms with Gasteiger partial charge < -0.3 is 5.11 Å². The van der Waals surface area contributed by atoms with Crippen LogP contribution in [0.4, 0.5) is 4.39 Å². The number of carbonyl (C=O) groups excluding carboxylic acids is 2. The van der Waals surface area contributed by atoms with Gasteiger partial charge in [0.2, 0.25) is 0 Å². The normalized spacial score (nSPS) is 10.0. The van der Waals surface area contributed by atoms with Crippen molar-refractivity contribution in [2.45, 2.75) is 0 Å². The molecular weight excluding hydrogens is 343 g/mol. The van der Waals surface area contributed by atoms with E-state index in [4.69, 9.17) is 0 Å². The first kappa shape index (κ1) is 15.0. The van der Waals surface area contributed by atoms with Crippen LogP contribution in [0.2, 0.25) is 0 Å². The highest BCUT2D eigenvalue weighted by Crippen LogP contribution is 2.18. The Labute approximate surface area is 127 Å². The summed E-state index contributed by atoms with van der Waals surface area (Å²) in [5, 5.41) is 9.52. The molecule has 5 nitrogen and oxygen atoms in total. The van der Waals surface area contributed by atoms with Crippen molar-refractivity contribution in [1.29, 1.82) is 0 Å². The Morgan fingerprint density at radius 2 is 1.62 bits per heavy atom. The van der Waals surface area contributed by atoms with Gasteiger partial charge in [-0.3, -0.25) is 20.4 Å². The second kappa shape index (κ2) is 6.36. The van der Waals surface area contributed by atoms with E-state index in [9.17, 15) is 19.1 Å². The van der Waals surface area contributed by atoms with E-state index in [-0.39, 0.29) is 21.3 Å². The maximum absolute atomic E-state index is 12.9. The number of para-hydroxylation sites is 1. The molecular formula is C14H10BrFN2O3. The van der Waals surface area contributed by atoms with E-state index < -0.39 is 17.6 Å². The summed E-state index contributed by atoms with van der Waals surface area (Å²) in [5.41, 5.74) is 4.53. The summed E-state index contributed by atoms with van der Waals surface area (Å²) in [7, 11) is 0. The third-order valence-corrected chi connectivity index (χ3v) is 3.27. The topological polar surface area (TPSA) is 78.4 Å². The lowest BCUT2D eigenvalue weighted by molar-refractivity contribution is 0.0844. The van der Waals surface area contributed by atoms with Gasteiger partial charge in [-0.05, 0) is 46.3 Å². The fourth-order valence-corrected chi connectivity index (χ4v) is 2.12. The quantitative estimate of drug-likeness (QED) is 0.726. The second-order valence-electron chi connectivity index (χ2n) is 4.05. The molecule has 2 amide bonds. The third kappa shape index (κ3) is 3.57.